The molecule has 8 heteroatoms. The number of carbonyl (C=O) groups excluding carboxylic acids is 2. The van der Waals surface area contributed by atoms with Crippen LogP contribution >= 0.6 is 23.1 Å². The van der Waals surface area contributed by atoms with E-state index in [9.17, 15) is 14.0 Å². The second-order valence-electron chi connectivity index (χ2n) is 7.09. The third-order valence-corrected chi connectivity index (χ3v) is 6.72. The number of hydrogen-bond acceptors (Lipinski definition) is 5. The summed E-state index contributed by atoms with van der Waals surface area (Å²) in [6, 6.07) is 17.2. The lowest BCUT2D eigenvalue weighted by molar-refractivity contribution is -0.131. The van der Waals surface area contributed by atoms with Crippen LogP contribution in [-0.4, -0.2) is 34.8 Å². The van der Waals surface area contributed by atoms with Crippen LogP contribution in [0.3, 0.4) is 0 Å². The van der Waals surface area contributed by atoms with Crippen molar-refractivity contribution in [1.82, 2.24) is 4.90 Å². The van der Waals surface area contributed by atoms with Crippen molar-refractivity contribution in [3.05, 3.63) is 82.3 Å². The smallest absolute Gasteiger partial charge is 0.236 e. The highest BCUT2D eigenvalue weighted by atomic mass is 32.2. The Balaban J connectivity index is 1.63. The number of thiophene rings is 1. The van der Waals surface area contributed by atoms with E-state index in [2.05, 4.69) is 5.32 Å². The number of hydrogen-bond donors (Lipinski definition) is 1. The Morgan fingerprint density at radius 3 is 2.53 bits per heavy atom. The lowest BCUT2D eigenvalue weighted by Gasteiger charge is -2.26. The zero-order valence-corrected chi connectivity index (χ0v) is 19.5. The highest BCUT2D eigenvalue weighted by Crippen LogP contribution is 2.24. The van der Waals surface area contributed by atoms with Gasteiger partial charge in [-0.05, 0) is 48.7 Å². The number of thioether (sulfide) groups is 1. The normalized spacial score (nSPS) is 11.6. The van der Waals surface area contributed by atoms with Crippen LogP contribution in [-0.2, 0) is 22.7 Å². The minimum atomic E-state index is -0.413. The van der Waals surface area contributed by atoms with Crippen molar-refractivity contribution in [3.8, 4) is 5.75 Å². The summed E-state index contributed by atoms with van der Waals surface area (Å²) in [6.45, 7) is 2.70. The summed E-state index contributed by atoms with van der Waals surface area (Å²) in [5.74, 6) is 0.193. The largest absolute Gasteiger partial charge is 0.496 e. The number of nitrogens with zero attached hydrogens (tertiary/aromatic N) is 1. The van der Waals surface area contributed by atoms with Gasteiger partial charge in [0.1, 0.15) is 11.6 Å². The zero-order valence-electron chi connectivity index (χ0n) is 17.9. The Bertz CT molecular complexity index is 1030. The summed E-state index contributed by atoms with van der Waals surface area (Å²) in [5.41, 5.74) is 1.44. The number of methoxy groups -OCH3 is 1. The molecule has 0 radical (unpaired) electrons. The second-order valence-corrected chi connectivity index (χ2v) is 9.46. The van der Waals surface area contributed by atoms with Crippen LogP contribution in [0.1, 0.15) is 17.4 Å². The van der Waals surface area contributed by atoms with E-state index in [1.807, 2.05) is 48.7 Å². The van der Waals surface area contributed by atoms with Gasteiger partial charge in [-0.1, -0.05) is 24.3 Å². The van der Waals surface area contributed by atoms with Gasteiger partial charge >= 0.3 is 0 Å². The van der Waals surface area contributed by atoms with Crippen LogP contribution in [0.5, 0.6) is 5.75 Å². The minimum Gasteiger partial charge on any atom is -0.496 e. The summed E-state index contributed by atoms with van der Waals surface area (Å²) >= 11 is 2.87. The van der Waals surface area contributed by atoms with Gasteiger partial charge in [0.2, 0.25) is 11.8 Å². The summed E-state index contributed by atoms with van der Waals surface area (Å²) in [7, 11) is 1.61. The molecule has 3 aromatic rings. The van der Waals surface area contributed by atoms with Gasteiger partial charge in [0.05, 0.1) is 24.7 Å². The molecule has 0 bridgehead atoms. The molecule has 0 aliphatic heterocycles. The van der Waals surface area contributed by atoms with Crippen LogP contribution in [0.4, 0.5) is 10.1 Å². The molecule has 0 spiro atoms. The third-order valence-electron chi connectivity index (χ3n) is 4.73. The Kier molecular flexibility index (Phi) is 8.70. The average Bonchev–Trinajstić information content (AvgIpc) is 3.31. The molecule has 1 atom stereocenters. The van der Waals surface area contributed by atoms with Crippen LogP contribution in [0.2, 0.25) is 0 Å². The van der Waals surface area contributed by atoms with Crippen molar-refractivity contribution < 1.29 is 18.7 Å². The molecule has 0 aliphatic rings. The van der Waals surface area contributed by atoms with Crippen LogP contribution < -0.4 is 10.1 Å². The Morgan fingerprint density at radius 2 is 1.84 bits per heavy atom. The fourth-order valence-corrected chi connectivity index (χ4v) is 4.59. The van der Waals surface area contributed by atoms with Crippen molar-refractivity contribution in [2.45, 2.75) is 25.3 Å². The molecule has 32 heavy (non-hydrogen) atoms. The number of benzene rings is 2. The molecule has 0 aliphatic carbocycles. The fourth-order valence-electron chi connectivity index (χ4n) is 3.10. The molecule has 0 saturated heterocycles. The Labute approximate surface area is 195 Å². The van der Waals surface area contributed by atoms with E-state index in [0.717, 1.165) is 16.2 Å². The minimum absolute atomic E-state index is 0.0520. The average molecular weight is 473 g/mol. The zero-order chi connectivity index (χ0) is 22.9. The summed E-state index contributed by atoms with van der Waals surface area (Å²) in [4.78, 5) is 28.4. The van der Waals surface area contributed by atoms with Gasteiger partial charge in [0.25, 0.3) is 0 Å². The maximum absolute atomic E-state index is 13.3. The van der Waals surface area contributed by atoms with E-state index < -0.39 is 5.25 Å². The molecule has 5 nitrogen and oxygen atoms in total. The molecule has 0 fully saturated rings. The van der Waals surface area contributed by atoms with Crippen molar-refractivity contribution >= 4 is 40.6 Å². The number of ether oxygens (including phenoxy) is 1. The molecular formula is C24H25FN2O3S2. The molecule has 1 unspecified atom stereocenters. The Morgan fingerprint density at radius 1 is 1.09 bits per heavy atom. The first-order valence-electron chi connectivity index (χ1n) is 10.1. The van der Waals surface area contributed by atoms with E-state index in [1.54, 1.807) is 23.3 Å². The topological polar surface area (TPSA) is 58.6 Å². The van der Waals surface area contributed by atoms with Gasteiger partial charge in [0, 0.05) is 22.7 Å². The third kappa shape index (κ3) is 6.83. The van der Waals surface area contributed by atoms with Gasteiger partial charge in [0.15, 0.2) is 0 Å². The summed E-state index contributed by atoms with van der Waals surface area (Å²) < 4.78 is 18.5. The molecular weight excluding hydrogens is 447 g/mol. The van der Waals surface area contributed by atoms with E-state index in [0.29, 0.717) is 18.8 Å². The first kappa shape index (κ1) is 23.8. The number of para-hydroxylation sites is 1. The Hall–Kier alpha value is -2.84. The second kappa shape index (κ2) is 11.7. The van der Waals surface area contributed by atoms with Crippen LogP contribution in [0.15, 0.2) is 66.0 Å². The van der Waals surface area contributed by atoms with Crippen molar-refractivity contribution in [2.75, 3.05) is 18.2 Å². The fraction of sp³-hybridized carbons (Fsp3) is 0.250. The quantitative estimate of drug-likeness (QED) is 0.441. The number of halogens is 1. The molecule has 2 aromatic carbocycles. The number of carbonyl (C=O) groups is 2. The molecule has 2 amide bonds. The number of anilines is 1. The van der Waals surface area contributed by atoms with Crippen LogP contribution in [0, 0.1) is 5.82 Å². The molecule has 0 saturated carbocycles. The first-order chi connectivity index (χ1) is 15.5. The predicted octanol–water partition coefficient (Wildman–Crippen LogP) is 5.19. The number of amides is 2. The summed E-state index contributed by atoms with van der Waals surface area (Å²) in [6.07, 6.45) is 0. The van der Waals surface area contributed by atoms with Crippen molar-refractivity contribution in [2.24, 2.45) is 0 Å². The highest BCUT2D eigenvalue weighted by Gasteiger charge is 2.23. The standard InChI is InChI=1S/C24H25FN2O3S2/c1-17(32-16-23(28)26-20-11-9-19(25)10-12-20)24(29)27(15-21-7-5-13-31-21)14-18-6-3-4-8-22(18)30-2/h3-13,17H,14-16H2,1-2H3,(H,26,28). The maximum Gasteiger partial charge on any atom is 0.236 e. The van der Waals surface area contributed by atoms with E-state index >= 15 is 0 Å². The number of rotatable bonds is 10. The molecule has 3 rings (SSSR count). The van der Waals surface area contributed by atoms with Gasteiger partial charge in [-0.3, -0.25) is 9.59 Å². The van der Waals surface area contributed by atoms with Crippen molar-refractivity contribution in [1.29, 1.82) is 0 Å². The maximum atomic E-state index is 13.3. The highest BCUT2D eigenvalue weighted by molar-refractivity contribution is 8.01. The van der Waals surface area contributed by atoms with E-state index in [1.165, 1.54) is 36.0 Å². The SMILES string of the molecule is COc1ccccc1CN(Cc1cccs1)C(=O)C(C)SCC(=O)Nc1ccc(F)cc1. The van der Waals surface area contributed by atoms with Crippen molar-refractivity contribution in [3.63, 3.8) is 0 Å². The molecule has 1 N–H and O–H groups in total. The predicted molar refractivity (Wildman–Crippen MR) is 129 cm³/mol. The van der Waals surface area contributed by atoms with Gasteiger partial charge in [-0.15, -0.1) is 23.1 Å². The summed E-state index contributed by atoms with van der Waals surface area (Å²) in [5, 5.41) is 4.29. The number of nitrogens with one attached hydrogen (secondary N) is 1. The lowest BCUT2D eigenvalue weighted by atomic mass is 10.1. The first-order valence-corrected chi connectivity index (χ1v) is 12.0. The lowest BCUT2D eigenvalue weighted by Crippen LogP contribution is -2.36. The van der Waals surface area contributed by atoms with Gasteiger partial charge in [-0.25, -0.2) is 4.39 Å². The monoisotopic (exact) mass is 472 g/mol. The van der Waals surface area contributed by atoms with E-state index in [4.69, 9.17) is 4.74 Å². The van der Waals surface area contributed by atoms with Crippen LogP contribution in [0.25, 0.3) is 0 Å². The molecule has 1 aromatic heterocycles. The molecule has 168 valence electrons. The van der Waals surface area contributed by atoms with Gasteiger partial charge in [-0.2, -0.15) is 0 Å². The van der Waals surface area contributed by atoms with Gasteiger partial charge < -0.3 is 15.0 Å². The molecule has 1 heterocycles. The van der Waals surface area contributed by atoms with E-state index in [-0.39, 0.29) is 23.4 Å².